The van der Waals surface area contributed by atoms with Crippen molar-refractivity contribution in [2.75, 3.05) is 5.32 Å². The van der Waals surface area contributed by atoms with E-state index in [2.05, 4.69) is 15.4 Å². The number of furan rings is 1. The smallest absolute Gasteiger partial charge is 0.243 e. The zero-order valence-electron chi connectivity index (χ0n) is 14.5. The number of fused-ring (bicyclic) bond motifs is 1. The van der Waals surface area contributed by atoms with E-state index in [9.17, 15) is 4.39 Å². The van der Waals surface area contributed by atoms with E-state index in [1.165, 1.54) is 0 Å². The summed E-state index contributed by atoms with van der Waals surface area (Å²) in [5.41, 5.74) is 8.68. The third kappa shape index (κ3) is 3.31. The maximum atomic E-state index is 13.6. The van der Waals surface area contributed by atoms with E-state index in [0.29, 0.717) is 29.5 Å². The number of rotatable bonds is 4. The van der Waals surface area contributed by atoms with Crippen LogP contribution in [0.3, 0.4) is 0 Å². The molecule has 3 heterocycles. The Labute approximate surface area is 165 Å². The molecule has 27 heavy (non-hydrogen) atoms. The largest absolute Gasteiger partial charge is 0.467 e. The Kier molecular flexibility index (Phi) is 4.84. The van der Waals surface area contributed by atoms with Gasteiger partial charge in [-0.05, 0) is 48.2 Å². The Balaban J connectivity index is 1.79. The second-order valence-electron chi connectivity index (χ2n) is 6.61. The first-order valence-corrected chi connectivity index (χ1v) is 9.32. The minimum Gasteiger partial charge on any atom is -0.467 e. The van der Waals surface area contributed by atoms with E-state index in [1.807, 2.05) is 19.1 Å². The third-order valence-electron chi connectivity index (χ3n) is 4.91. The molecule has 3 aromatic heterocycles. The fourth-order valence-electron chi connectivity index (χ4n) is 3.63. The van der Waals surface area contributed by atoms with Crippen LogP contribution in [0.1, 0.15) is 35.6 Å². The summed E-state index contributed by atoms with van der Waals surface area (Å²) in [7, 11) is 0. The summed E-state index contributed by atoms with van der Waals surface area (Å²) in [5, 5.41) is 7.95. The lowest BCUT2D eigenvalue weighted by Gasteiger charge is -2.26. The van der Waals surface area contributed by atoms with E-state index in [0.717, 1.165) is 16.9 Å². The first-order valence-electron chi connectivity index (χ1n) is 8.56. The van der Waals surface area contributed by atoms with Gasteiger partial charge in [-0.15, -0.1) is 5.10 Å². The van der Waals surface area contributed by atoms with Gasteiger partial charge in [0.05, 0.1) is 18.6 Å². The van der Waals surface area contributed by atoms with Crippen LogP contribution in [0.15, 0.2) is 34.7 Å². The molecule has 0 unspecified atom stereocenters. The second kappa shape index (κ2) is 7.14. The van der Waals surface area contributed by atoms with Crippen LogP contribution in [0.5, 0.6) is 0 Å². The van der Waals surface area contributed by atoms with Gasteiger partial charge < -0.3 is 15.5 Å². The van der Waals surface area contributed by atoms with Crippen LogP contribution in [0.2, 0.25) is 10.4 Å². The van der Waals surface area contributed by atoms with Gasteiger partial charge >= 0.3 is 0 Å². The first-order chi connectivity index (χ1) is 13.0. The second-order valence-corrected chi connectivity index (χ2v) is 7.31. The van der Waals surface area contributed by atoms with Crippen molar-refractivity contribution in [3.8, 4) is 0 Å². The predicted octanol–water partition coefficient (Wildman–Crippen LogP) is 4.61. The lowest BCUT2D eigenvalue weighted by Crippen LogP contribution is -2.31. The quantitative estimate of drug-likeness (QED) is 0.657. The standard InChI is InChI=1S/C18H18Cl2FN5O/c1-9-14(12-5-4-10(21)7-13(12)22)16(19)26-15(9)17(24-18(20)25-26)23-8-11-3-2-6-27-11/h2-4,6,12-13H,5,7-8,22H2,1H3,(H,23,24,25)/t12-,13-/m0/s1. The van der Waals surface area contributed by atoms with Crippen LogP contribution in [0.4, 0.5) is 10.2 Å². The lowest BCUT2D eigenvalue weighted by molar-refractivity contribution is 0.441. The van der Waals surface area contributed by atoms with Crippen molar-refractivity contribution in [2.45, 2.75) is 38.3 Å². The van der Waals surface area contributed by atoms with Gasteiger partial charge in [0.25, 0.3) is 0 Å². The number of aromatic nitrogens is 3. The summed E-state index contributed by atoms with van der Waals surface area (Å²) in [5.74, 6) is 1.02. The Morgan fingerprint density at radius 1 is 1.44 bits per heavy atom. The van der Waals surface area contributed by atoms with Crippen LogP contribution in [-0.2, 0) is 6.54 Å². The van der Waals surface area contributed by atoms with Crippen LogP contribution < -0.4 is 11.1 Å². The normalized spacial score (nSPS) is 20.1. The number of hydrogen-bond acceptors (Lipinski definition) is 5. The molecule has 0 saturated heterocycles. The molecule has 0 aliphatic heterocycles. The molecule has 1 aliphatic rings. The molecule has 2 atom stereocenters. The summed E-state index contributed by atoms with van der Waals surface area (Å²) < 4.78 is 20.5. The van der Waals surface area contributed by atoms with Crippen molar-refractivity contribution in [1.82, 2.24) is 14.6 Å². The molecule has 0 saturated carbocycles. The van der Waals surface area contributed by atoms with Crippen molar-refractivity contribution < 1.29 is 8.81 Å². The summed E-state index contributed by atoms with van der Waals surface area (Å²) in [4.78, 5) is 4.31. The first kappa shape index (κ1) is 18.3. The molecule has 1 aliphatic carbocycles. The Morgan fingerprint density at radius 3 is 2.96 bits per heavy atom. The van der Waals surface area contributed by atoms with Crippen molar-refractivity contribution in [1.29, 1.82) is 0 Å². The highest BCUT2D eigenvalue weighted by atomic mass is 35.5. The van der Waals surface area contributed by atoms with Crippen LogP contribution >= 0.6 is 23.2 Å². The highest BCUT2D eigenvalue weighted by Crippen LogP contribution is 2.41. The molecule has 0 aromatic carbocycles. The van der Waals surface area contributed by atoms with Gasteiger partial charge in [-0.3, -0.25) is 0 Å². The summed E-state index contributed by atoms with van der Waals surface area (Å²) in [6.07, 6.45) is 3.86. The average molecular weight is 410 g/mol. The molecule has 142 valence electrons. The van der Waals surface area contributed by atoms with Crippen molar-refractivity contribution >= 4 is 34.5 Å². The van der Waals surface area contributed by atoms with Crippen molar-refractivity contribution in [3.05, 3.63) is 57.6 Å². The van der Waals surface area contributed by atoms with E-state index >= 15 is 0 Å². The Hall–Kier alpha value is -2.09. The Bertz CT molecular complexity index is 1010. The van der Waals surface area contributed by atoms with Crippen LogP contribution in [0, 0.1) is 6.92 Å². The molecule has 0 bridgehead atoms. The number of halogens is 3. The number of hydrogen-bond donors (Lipinski definition) is 2. The predicted molar refractivity (Wildman–Crippen MR) is 103 cm³/mol. The fraction of sp³-hybridized carbons (Fsp3) is 0.333. The molecular weight excluding hydrogens is 392 g/mol. The van der Waals surface area contributed by atoms with Crippen molar-refractivity contribution in [2.24, 2.45) is 5.73 Å². The molecule has 3 aromatic rings. The molecule has 6 nitrogen and oxygen atoms in total. The van der Waals surface area contributed by atoms with Gasteiger partial charge in [0, 0.05) is 18.4 Å². The molecule has 0 radical (unpaired) electrons. The van der Waals surface area contributed by atoms with E-state index < -0.39 is 0 Å². The highest BCUT2D eigenvalue weighted by Gasteiger charge is 2.31. The van der Waals surface area contributed by atoms with Gasteiger partial charge in [-0.2, -0.15) is 4.98 Å². The van der Waals surface area contributed by atoms with E-state index in [-0.39, 0.29) is 29.5 Å². The maximum absolute atomic E-state index is 13.6. The fourth-order valence-corrected chi connectivity index (χ4v) is 4.19. The molecule has 3 N–H and O–H groups in total. The Morgan fingerprint density at radius 2 is 2.26 bits per heavy atom. The van der Waals surface area contributed by atoms with E-state index in [4.69, 9.17) is 33.4 Å². The third-order valence-corrected chi connectivity index (χ3v) is 5.44. The summed E-state index contributed by atoms with van der Waals surface area (Å²) in [6.45, 7) is 2.37. The minimum atomic E-state index is -0.355. The molecule has 9 heteroatoms. The van der Waals surface area contributed by atoms with Crippen molar-refractivity contribution in [3.63, 3.8) is 0 Å². The number of aryl methyl sites for hydroxylation is 1. The van der Waals surface area contributed by atoms with Crippen LogP contribution in [0.25, 0.3) is 5.52 Å². The van der Waals surface area contributed by atoms with Gasteiger partial charge in [0.1, 0.15) is 16.4 Å². The molecular formula is C18H18Cl2FN5O. The van der Waals surface area contributed by atoms with Crippen LogP contribution in [-0.4, -0.2) is 20.6 Å². The zero-order valence-corrected chi connectivity index (χ0v) is 16.1. The number of anilines is 1. The van der Waals surface area contributed by atoms with Gasteiger partial charge in [0.15, 0.2) is 5.82 Å². The van der Waals surface area contributed by atoms with Gasteiger partial charge in [-0.1, -0.05) is 17.7 Å². The van der Waals surface area contributed by atoms with Gasteiger partial charge in [0.2, 0.25) is 5.28 Å². The van der Waals surface area contributed by atoms with Gasteiger partial charge in [-0.25, -0.2) is 8.91 Å². The molecule has 0 fully saturated rings. The monoisotopic (exact) mass is 409 g/mol. The number of allylic oxidation sites excluding steroid dienone is 1. The van der Waals surface area contributed by atoms with E-state index in [1.54, 1.807) is 16.9 Å². The number of nitrogens with zero attached hydrogens (tertiary/aromatic N) is 3. The molecule has 4 rings (SSSR count). The zero-order chi connectivity index (χ0) is 19.1. The number of nitrogens with two attached hydrogens (primary N) is 1. The minimum absolute atomic E-state index is 0.0618. The SMILES string of the molecule is Cc1c([C@H]2CC=C(F)C[C@@H]2N)c(Cl)n2nc(Cl)nc(NCc3ccco3)c12. The maximum Gasteiger partial charge on any atom is 0.243 e. The summed E-state index contributed by atoms with van der Waals surface area (Å²) >= 11 is 12.7. The highest BCUT2D eigenvalue weighted by molar-refractivity contribution is 6.31. The molecule has 0 spiro atoms. The average Bonchev–Trinajstić information content (AvgIpc) is 3.22. The molecule has 0 amide bonds. The lowest BCUT2D eigenvalue weighted by atomic mass is 9.83. The topological polar surface area (TPSA) is 81.4 Å². The number of nitrogens with one attached hydrogen (secondary N) is 1. The summed E-state index contributed by atoms with van der Waals surface area (Å²) in [6, 6.07) is 3.32.